The summed E-state index contributed by atoms with van der Waals surface area (Å²) < 4.78 is 16.8. The lowest BCUT2D eigenvalue weighted by Crippen LogP contribution is -2.30. The predicted octanol–water partition coefficient (Wildman–Crippen LogP) is 17.4. The Morgan fingerprint density at radius 3 is 1.05 bits per heavy atom. The van der Waals surface area contributed by atoms with Crippen LogP contribution in [0.15, 0.2) is 72.9 Å². The van der Waals surface area contributed by atoms with Crippen LogP contribution in [-0.2, 0) is 28.6 Å². The summed E-state index contributed by atoms with van der Waals surface area (Å²) in [5.74, 6) is -0.935. The van der Waals surface area contributed by atoms with Gasteiger partial charge in [0, 0.05) is 19.3 Å². The number of rotatable bonds is 47. The molecule has 6 heteroatoms. The molecular weight excluding hydrogens is 781 g/mol. The van der Waals surface area contributed by atoms with E-state index in [2.05, 4.69) is 93.7 Å². The lowest BCUT2D eigenvalue weighted by Gasteiger charge is -2.18. The van der Waals surface area contributed by atoms with Crippen LogP contribution in [0.2, 0.25) is 0 Å². The van der Waals surface area contributed by atoms with Crippen LogP contribution in [0.1, 0.15) is 252 Å². The summed E-state index contributed by atoms with van der Waals surface area (Å²) in [7, 11) is 0. The molecule has 0 fully saturated rings. The molecule has 63 heavy (non-hydrogen) atoms. The minimum Gasteiger partial charge on any atom is -0.462 e. The zero-order valence-electron chi connectivity index (χ0n) is 41.3. The SMILES string of the molecule is CC/C=C\C/C=C\C/C=C\CCCCCC(=O)OC(COC(=O)CCCCCCC/C=C\CCCC)COC(=O)CCCCCCCCCCC/C=C\C/C=C\CCCCCCC. The molecule has 0 radical (unpaired) electrons. The number of carbonyl (C=O) groups is 3. The van der Waals surface area contributed by atoms with Crippen LogP contribution >= 0.6 is 0 Å². The van der Waals surface area contributed by atoms with Gasteiger partial charge in [0.25, 0.3) is 0 Å². The fourth-order valence-electron chi connectivity index (χ4n) is 7.17. The van der Waals surface area contributed by atoms with Crippen molar-refractivity contribution in [2.75, 3.05) is 13.2 Å². The van der Waals surface area contributed by atoms with E-state index in [0.717, 1.165) is 96.3 Å². The summed E-state index contributed by atoms with van der Waals surface area (Å²) in [6, 6.07) is 0. The maximum absolute atomic E-state index is 12.8. The largest absolute Gasteiger partial charge is 0.462 e. The van der Waals surface area contributed by atoms with Crippen molar-refractivity contribution >= 4 is 17.9 Å². The van der Waals surface area contributed by atoms with Crippen molar-refractivity contribution in [3.05, 3.63) is 72.9 Å². The van der Waals surface area contributed by atoms with Gasteiger partial charge in [-0.1, -0.05) is 203 Å². The van der Waals surface area contributed by atoms with Crippen molar-refractivity contribution in [3.63, 3.8) is 0 Å². The fourth-order valence-corrected chi connectivity index (χ4v) is 7.17. The van der Waals surface area contributed by atoms with Gasteiger partial charge in [0.2, 0.25) is 0 Å². The van der Waals surface area contributed by atoms with E-state index in [4.69, 9.17) is 14.2 Å². The van der Waals surface area contributed by atoms with E-state index in [1.54, 1.807) is 0 Å². The Hall–Kier alpha value is -3.15. The van der Waals surface area contributed by atoms with Gasteiger partial charge in [-0.3, -0.25) is 14.4 Å². The zero-order chi connectivity index (χ0) is 45.8. The molecule has 0 aromatic heterocycles. The highest BCUT2D eigenvalue weighted by Crippen LogP contribution is 2.14. The standard InChI is InChI=1S/C57H98O6/c1-4-7-10-13-16-19-22-24-25-26-27-28-29-30-31-33-35-38-41-44-47-50-56(59)62-53-54(52-61-55(58)49-46-43-40-37-34-21-18-15-12-9-6-3)63-57(60)51-48-45-42-39-36-32-23-20-17-14-11-8-5-2/h8,11,15,17-18,20,22,24,26-27,32,36,54H,4-7,9-10,12-14,16,19,21,23,25,28-31,33-35,37-53H2,1-3H3/b11-8-,18-15-,20-17-,24-22-,27-26-,36-32-. The van der Waals surface area contributed by atoms with Crippen molar-refractivity contribution in [3.8, 4) is 0 Å². The molecule has 0 aromatic carbocycles. The number of unbranched alkanes of at least 4 members (excludes halogenated alkanes) is 24. The van der Waals surface area contributed by atoms with E-state index in [1.165, 1.54) is 116 Å². The van der Waals surface area contributed by atoms with Crippen molar-refractivity contribution in [2.45, 2.75) is 258 Å². The summed E-state index contributed by atoms with van der Waals surface area (Å²) in [5, 5.41) is 0. The smallest absolute Gasteiger partial charge is 0.306 e. The zero-order valence-corrected chi connectivity index (χ0v) is 41.3. The van der Waals surface area contributed by atoms with Crippen LogP contribution < -0.4 is 0 Å². The van der Waals surface area contributed by atoms with Crippen molar-refractivity contribution in [1.29, 1.82) is 0 Å². The van der Waals surface area contributed by atoms with Crippen LogP contribution in [0.3, 0.4) is 0 Å². The third kappa shape index (κ3) is 49.7. The average Bonchev–Trinajstić information content (AvgIpc) is 3.28. The van der Waals surface area contributed by atoms with Gasteiger partial charge in [-0.05, 0) is 103 Å². The summed E-state index contributed by atoms with van der Waals surface area (Å²) in [6.45, 7) is 6.44. The fraction of sp³-hybridized carbons (Fsp3) is 0.737. The summed E-state index contributed by atoms with van der Waals surface area (Å²) >= 11 is 0. The van der Waals surface area contributed by atoms with E-state index in [-0.39, 0.29) is 31.1 Å². The first-order valence-corrected chi connectivity index (χ1v) is 26.4. The molecule has 6 nitrogen and oxygen atoms in total. The molecule has 0 amide bonds. The van der Waals surface area contributed by atoms with Gasteiger partial charge in [-0.25, -0.2) is 0 Å². The number of esters is 3. The molecule has 0 aliphatic rings. The lowest BCUT2D eigenvalue weighted by molar-refractivity contribution is -0.167. The van der Waals surface area contributed by atoms with Crippen LogP contribution in [0.5, 0.6) is 0 Å². The molecular formula is C57H98O6. The Bertz CT molecular complexity index is 1190. The molecule has 0 bridgehead atoms. The van der Waals surface area contributed by atoms with Crippen LogP contribution in [-0.4, -0.2) is 37.2 Å². The summed E-state index contributed by atoms with van der Waals surface area (Å²) in [4.78, 5) is 37.9. The minimum atomic E-state index is -0.794. The number of allylic oxidation sites excluding steroid dienone is 12. The van der Waals surface area contributed by atoms with E-state index in [1.807, 2.05) is 0 Å². The van der Waals surface area contributed by atoms with Gasteiger partial charge >= 0.3 is 17.9 Å². The second-order valence-corrected chi connectivity index (χ2v) is 17.4. The quantitative estimate of drug-likeness (QED) is 0.0262. The maximum atomic E-state index is 12.8. The highest BCUT2D eigenvalue weighted by atomic mass is 16.6. The molecule has 0 saturated carbocycles. The topological polar surface area (TPSA) is 78.9 Å². The Kier molecular flexibility index (Phi) is 48.9. The van der Waals surface area contributed by atoms with Crippen LogP contribution in [0.25, 0.3) is 0 Å². The molecule has 0 spiro atoms. The summed E-state index contributed by atoms with van der Waals surface area (Å²) in [6.07, 6.45) is 64.6. The second kappa shape index (κ2) is 51.5. The Labute approximate surface area is 389 Å². The molecule has 362 valence electrons. The van der Waals surface area contributed by atoms with E-state index < -0.39 is 6.10 Å². The Morgan fingerprint density at radius 2 is 0.635 bits per heavy atom. The van der Waals surface area contributed by atoms with Crippen LogP contribution in [0, 0.1) is 0 Å². The van der Waals surface area contributed by atoms with Crippen molar-refractivity contribution < 1.29 is 28.6 Å². The van der Waals surface area contributed by atoms with Crippen molar-refractivity contribution in [2.24, 2.45) is 0 Å². The number of hydrogen-bond donors (Lipinski definition) is 0. The second-order valence-electron chi connectivity index (χ2n) is 17.4. The lowest BCUT2D eigenvalue weighted by atomic mass is 10.1. The van der Waals surface area contributed by atoms with Gasteiger partial charge in [0.05, 0.1) is 0 Å². The molecule has 0 heterocycles. The van der Waals surface area contributed by atoms with E-state index in [0.29, 0.717) is 19.3 Å². The van der Waals surface area contributed by atoms with Gasteiger partial charge < -0.3 is 14.2 Å². The first-order chi connectivity index (χ1) is 31.0. The molecule has 0 aliphatic carbocycles. The molecule has 1 atom stereocenters. The van der Waals surface area contributed by atoms with Gasteiger partial charge in [-0.2, -0.15) is 0 Å². The van der Waals surface area contributed by atoms with Gasteiger partial charge in [0.1, 0.15) is 13.2 Å². The van der Waals surface area contributed by atoms with Crippen LogP contribution in [0.4, 0.5) is 0 Å². The van der Waals surface area contributed by atoms with Gasteiger partial charge in [-0.15, -0.1) is 0 Å². The molecule has 0 aromatic rings. The molecule has 0 N–H and O–H groups in total. The van der Waals surface area contributed by atoms with Gasteiger partial charge in [0.15, 0.2) is 6.10 Å². The Morgan fingerprint density at radius 1 is 0.333 bits per heavy atom. The first kappa shape index (κ1) is 59.9. The maximum Gasteiger partial charge on any atom is 0.306 e. The predicted molar refractivity (Wildman–Crippen MR) is 270 cm³/mol. The van der Waals surface area contributed by atoms with E-state index >= 15 is 0 Å². The Balaban J connectivity index is 4.34. The van der Waals surface area contributed by atoms with Crippen molar-refractivity contribution in [1.82, 2.24) is 0 Å². The molecule has 1 unspecified atom stereocenters. The third-order valence-corrected chi connectivity index (χ3v) is 11.2. The average molecular weight is 879 g/mol. The normalized spacial score (nSPS) is 12.6. The number of carbonyl (C=O) groups excluding carboxylic acids is 3. The highest BCUT2D eigenvalue weighted by Gasteiger charge is 2.19. The summed E-state index contributed by atoms with van der Waals surface area (Å²) in [5.41, 5.74) is 0. The molecule has 0 saturated heterocycles. The number of ether oxygens (including phenoxy) is 3. The highest BCUT2D eigenvalue weighted by molar-refractivity contribution is 5.71. The molecule has 0 aliphatic heterocycles. The third-order valence-electron chi connectivity index (χ3n) is 11.2. The minimum absolute atomic E-state index is 0.0923. The number of hydrogen-bond acceptors (Lipinski definition) is 6. The monoisotopic (exact) mass is 879 g/mol. The molecule has 0 rings (SSSR count). The first-order valence-electron chi connectivity index (χ1n) is 26.4. The van der Waals surface area contributed by atoms with E-state index in [9.17, 15) is 14.4 Å².